The molecular formula is C20H27F3N6. The molecule has 1 unspecified atom stereocenters. The van der Waals surface area contributed by atoms with Crippen LogP contribution in [0.3, 0.4) is 0 Å². The minimum Gasteiger partial charge on any atom is -0.357 e. The third kappa shape index (κ3) is 5.96. The monoisotopic (exact) mass is 408 g/mol. The first-order valence-corrected chi connectivity index (χ1v) is 9.75. The Labute approximate surface area is 168 Å². The number of guanidine groups is 1. The van der Waals surface area contributed by atoms with Gasteiger partial charge in [-0.2, -0.15) is 18.3 Å². The number of alkyl halides is 3. The average molecular weight is 408 g/mol. The summed E-state index contributed by atoms with van der Waals surface area (Å²) in [6, 6.07) is 7.60. The number of benzene rings is 1. The van der Waals surface area contributed by atoms with Gasteiger partial charge in [-0.3, -0.25) is 9.58 Å². The molecule has 158 valence electrons. The van der Waals surface area contributed by atoms with Crippen LogP contribution >= 0.6 is 0 Å². The highest BCUT2D eigenvalue weighted by Gasteiger charge is 2.30. The molecule has 3 rings (SSSR count). The Morgan fingerprint density at radius 3 is 2.62 bits per heavy atom. The molecule has 1 aliphatic rings. The number of nitrogens with zero attached hydrogens (tertiary/aromatic N) is 4. The Bertz CT molecular complexity index is 812. The van der Waals surface area contributed by atoms with Gasteiger partial charge in [0.25, 0.3) is 0 Å². The van der Waals surface area contributed by atoms with E-state index < -0.39 is 11.7 Å². The van der Waals surface area contributed by atoms with Crippen molar-refractivity contribution in [1.82, 2.24) is 25.3 Å². The van der Waals surface area contributed by atoms with Crippen LogP contribution in [0.4, 0.5) is 13.2 Å². The van der Waals surface area contributed by atoms with Crippen LogP contribution in [0.1, 0.15) is 30.2 Å². The van der Waals surface area contributed by atoms with Crippen LogP contribution in [0.15, 0.2) is 41.5 Å². The van der Waals surface area contributed by atoms with Crippen LogP contribution in [0.2, 0.25) is 0 Å². The van der Waals surface area contributed by atoms with Crippen LogP contribution in [0.5, 0.6) is 0 Å². The van der Waals surface area contributed by atoms with Gasteiger partial charge in [0.1, 0.15) is 0 Å². The highest BCUT2D eigenvalue weighted by molar-refractivity contribution is 5.80. The quantitative estimate of drug-likeness (QED) is 0.570. The van der Waals surface area contributed by atoms with E-state index in [0.29, 0.717) is 13.1 Å². The Morgan fingerprint density at radius 2 is 2.00 bits per heavy atom. The lowest BCUT2D eigenvalue weighted by Crippen LogP contribution is -2.44. The molecule has 1 saturated heterocycles. The first kappa shape index (κ1) is 21.2. The van der Waals surface area contributed by atoms with Gasteiger partial charge in [0.05, 0.1) is 17.8 Å². The molecule has 0 bridgehead atoms. The van der Waals surface area contributed by atoms with Crippen molar-refractivity contribution < 1.29 is 13.2 Å². The second-order valence-electron chi connectivity index (χ2n) is 7.20. The number of aliphatic imine (C=N–C) groups is 1. The summed E-state index contributed by atoms with van der Waals surface area (Å²) in [7, 11) is 1.89. The molecule has 1 aromatic heterocycles. The minimum atomic E-state index is -4.29. The first-order valence-electron chi connectivity index (χ1n) is 9.75. The van der Waals surface area contributed by atoms with Gasteiger partial charge >= 0.3 is 6.18 Å². The summed E-state index contributed by atoms with van der Waals surface area (Å²) < 4.78 is 39.9. The predicted octanol–water partition coefficient (Wildman–Crippen LogP) is 2.77. The van der Waals surface area contributed by atoms with Gasteiger partial charge in [0.15, 0.2) is 5.96 Å². The molecule has 29 heavy (non-hydrogen) atoms. The van der Waals surface area contributed by atoms with Crippen molar-refractivity contribution in [3.05, 3.63) is 53.3 Å². The summed E-state index contributed by atoms with van der Waals surface area (Å²) in [6.45, 7) is 5.66. The summed E-state index contributed by atoms with van der Waals surface area (Å²) in [5.41, 5.74) is 1.30. The van der Waals surface area contributed by atoms with Crippen molar-refractivity contribution in [2.75, 3.05) is 19.6 Å². The molecule has 2 aromatic rings. The number of halogens is 3. The van der Waals surface area contributed by atoms with Crippen LogP contribution in [-0.2, 0) is 26.3 Å². The fraction of sp³-hybridized carbons (Fsp3) is 0.500. The largest absolute Gasteiger partial charge is 0.416 e. The summed E-state index contributed by atoms with van der Waals surface area (Å²) >= 11 is 0. The van der Waals surface area contributed by atoms with Gasteiger partial charge < -0.3 is 10.6 Å². The smallest absolute Gasteiger partial charge is 0.357 e. The average Bonchev–Trinajstić information content (AvgIpc) is 3.28. The molecule has 2 heterocycles. The van der Waals surface area contributed by atoms with E-state index in [1.54, 1.807) is 23.0 Å². The number of aromatic nitrogens is 2. The number of rotatable bonds is 6. The molecule has 6 nitrogen and oxygen atoms in total. The van der Waals surface area contributed by atoms with Crippen LogP contribution < -0.4 is 10.6 Å². The maximum Gasteiger partial charge on any atom is 0.416 e. The number of hydrogen-bond donors (Lipinski definition) is 2. The summed E-state index contributed by atoms with van der Waals surface area (Å²) in [5.74, 6) is 0.759. The molecule has 0 aliphatic carbocycles. The van der Waals surface area contributed by atoms with E-state index in [9.17, 15) is 13.2 Å². The van der Waals surface area contributed by atoms with Gasteiger partial charge in [-0.25, -0.2) is 4.99 Å². The Hall–Kier alpha value is -2.55. The maximum absolute atomic E-state index is 12.7. The molecule has 0 saturated carbocycles. The second kappa shape index (κ2) is 9.30. The van der Waals surface area contributed by atoms with E-state index in [0.717, 1.165) is 55.4 Å². The Balaban J connectivity index is 1.53. The van der Waals surface area contributed by atoms with Crippen molar-refractivity contribution in [2.24, 2.45) is 12.0 Å². The topological polar surface area (TPSA) is 57.5 Å². The molecule has 0 amide bonds. The van der Waals surface area contributed by atoms with Crippen LogP contribution in [-0.4, -0.2) is 46.3 Å². The van der Waals surface area contributed by atoms with E-state index in [1.807, 2.05) is 20.0 Å². The highest BCUT2D eigenvalue weighted by Crippen LogP contribution is 2.29. The second-order valence-corrected chi connectivity index (χ2v) is 7.20. The molecule has 1 aromatic carbocycles. The molecule has 0 radical (unpaired) electrons. The van der Waals surface area contributed by atoms with Crippen molar-refractivity contribution in [2.45, 2.75) is 38.7 Å². The van der Waals surface area contributed by atoms with Crippen molar-refractivity contribution in [3.8, 4) is 0 Å². The molecule has 2 N–H and O–H groups in total. The normalized spacial score (nSPS) is 18.2. The fourth-order valence-electron chi connectivity index (χ4n) is 3.38. The summed E-state index contributed by atoms with van der Waals surface area (Å²) in [6.07, 6.45) is -1.59. The molecule has 1 fully saturated rings. The number of likely N-dealkylation sites (tertiary alicyclic amines) is 1. The third-order valence-electron chi connectivity index (χ3n) is 4.97. The molecule has 1 aliphatic heterocycles. The lowest BCUT2D eigenvalue weighted by atomic mass is 10.1. The lowest BCUT2D eigenvalue weighted by Gasteiger charge is -2.19. The number of aryl methyl sites for hydroxylation is 1. The lowest BCUT2D eigenvalue weighted by molar-refractivity contribution is -0.137. The van der Waals surface area contributed by atoms with E-state index in [2.05, 4.69) is 25.6 Å². The molecular weight excluding hydrogens is 381 g/mol. The van der Waals surface area contributed by atoms with Crippen molar-refractivity contribution in [3.63, 3.8) is 0 Å². The maximum atomic E-state index is 12.7. The van der Waals surface area contributed by atoms with E-state index in [4.69, 9.17) is 0 Å². The van der Waals surface area contributed by atoms with E-state index >= 15 is 0 Å². The zero-order valence-electron chi connectivity index (χ0n) is 16.7. The third-order valence-corrected chi connectivity index (χ3v) is 4.97. The molecule has 1 atom stereocenters. The zero-order valence-corrected chi connectivity index (χ0v) is 16.7. The van der Waals surface area contributed by atoms with Gasteiger partial charge in [-0.05, 0) is 37.1 Å². The number of hydrogen-bond acceptors (Lipinski definition) is 3. The first-order chi connectivity index (χ1) is 13.8. The standard InChI is InChI=1S/C20H27F3N6/c1-3-24-19(25-12-18-8-10-26-28(18)2)27-17-9-11-29(14-17)13-15-4-6-16(7-5-15)20(21,22)23/h4-8,10,17H,3,9,11-14H2,1-2H3,(H2,24,25,27). The number of nitrogens with one attached hydrogen (secondary N) is 2. The van der Waals surface area contributed by atoms with E-state index in [-0.39, 0.29) is 6.04 Å². The Kier molecular flexibility index (Phi) is 6.79. The summed E-state index contributed by atoms with van der Waals surface area (Å²) in [4.78, 5) is 6.87. The zero-order chi connectivity index (χ0) is 20.9. The van der Waals surface area contributed by atoms with Crippen molar-refractivity contribution in [1.29, 1.82) is 0 Å². The minimum absolute atomic E-state index is 0.244. The predicted molar refractivity (Wildman–Crippen MR) is 106 cm³/mol. The SMILES string of the molecule is CCNC(=NCc1ccnn1C)NC1CCN(Cc2ccc(C(F)(F)F)cc2)C1. The molecule has 0 spiro atoms. The van der Waals surface area contributed by atoms with Crippen LogP contribution in [0.25, 0.3) is 0 Å². The van der Waals surface area contributed by atoms with Crippen LogP contribution in [0, 0.1) is 0 Å². The van der Waals surface area contributed by atoms with Gasteiger partial charge in [-0.1, -0.05) is 12.1 Å². The van der Waals surface area contributed by atoms with E-state index in [1.165, 1.54) is 0 Å². The molecule has 9 heteroatoms. The summed E-state index contributed by atoms with van der Waals surface area (Å²) in [5, 5.41) is 10.9. The van der Waals surface area contributed by atoms with Gasteiger partial charge in [-0.15, -0.1) is 0 Å². The Morgan fingerprint density at radius 1 is 1.24 bits per heavy atom. The van der Waals surface area contributed by atoms with Gasteiger partial charge in [0, 0.05) is 45.5 Å². The van der Waals surface area contributed by atoms with Crippen molar-refractivity contribution >= 4 is 5.96 Å². The highest BCUT2D eigenvalue weighted by atomic mass is 19.4. The van der Waals surface area contributed by atoms with Gasteiger partial charge in [0.2, 0.25) is 0 Å². The fourth-order valence-corrected chi connectivity index (χ4v) is 3.38.